The Morgan fingerprint density at radius 3 is 2.33 bits per heavy atom. The maximum atomic E-state index is 9.95. The molecule has 0 saturated carbocycles. The van der Waals surface area contributed by atoms with E-state index in [4.69, 9.17) is 0 Å². The van der Waals surface area contributed by atoms with Crippen LogP contribution in [0, 0.1) is 5.21 Å². The molecule has 1 rings (SSSR count). The van der Waals surface area contributed by atoms with Gasteiger partial charge >= 0.3 is 0 Å². The van der Waals surface area contributed by atoms with Crippen LogP contribution in [0.4, 0.5) is 0 Å². The molecular weight excluding hydrogens is 102 g/mol. The Hall–Kier alpha value is 0.0700. The SMILES string of the molecule is O=S1CCN1[O-]. The van der Waals surface area contributed by atoms with Crippen LogP contribution in [0.3, 0.4) is 0 Å². The van der Waals surface area contributed by atoms with E-state index in [1.165, 1.54) is 0 Å². The van der Waals surface area contributed by atoms with Gasteiger partial charge in [0.2, 0.25) is 0 Å². The van der Waals surface area contributed by atoms with E-state index in [2.05, 4.69) is 0 Å². The van der Waals surface area contributed by atoms with Gasteiger partial charge in [-0.25, -0.2) is 4.21 Å². The van der Waals surface area contributed by atoms with E-state index in [9.17, 15) is 9.42 Å². The van der Waals surface area contributed by atoms with Gasteiger partial charge in [0.05, 0.1) is 11.0 Å². The highest BCUT2D eigenvalue weighted by Gasteiger charge is 2.11. The fraction of sp³-hybridized carbons (Fsp3) is 1.00. The fourth-order valence-electron chi connectivity index (χ4n) is 0.240. The minimum atomic E-state index is -1.16. The third-order valence-electron chi connectivity index (χ3n) is 0.676. The first kappa shape index (κ1) is 4.23. The van der Waals surface area contributed by atoms with Crippen molar-refractivity contribution < 1.29 is 4.21 Å². The van der Waals surface area contributed by atoms with Crippen LogP contribution < -0.4 is 0 Å². The average molecular weight is 106 g/mol. The van der Waals surface area contributed by atoms with E-state index < -0.39 is 11.0 Å². The summed E-state index contributed by atoms with van der Waals surface area (Å²) in [7, 11) is -1.16. The molecule has 0 radical (unpaired) electrons. The summed E-state index contributed by atoms with van der Waals surface area (Å²) in [6.07, 6.45) is 0. The molecule has 0 aromatic heterocycles. The van der Waals surface area contributed by atoms with Crippen molar-refractivity contribution in [3.05, 3.63) is 5.21 Å². The second kappa shape index (κ2) is 1.29. The maximum Gasteiger partial charge on any atom is 0.0835 e. The average Bonchev–Trinajstić information content (AvgIpc) is 1.61. The lowest BCUT2D eigenvalue weighted by Crippen LogP contribution is -2.37. The van der Waals surface area contributed by atoms with E-state index in [0.29, 0.717) is 16.8 Å². The molecule has 1 heterocycles. The molecule has 0 aliphatic carbocycles. The predicted octanol–water partition coefficient (Wildman–Crippen LogP) is -0.536. The van der Waals surface area contributed by atoms with Crippen LogP contribution in [0.1, 0.15) is 0 Å². The highest BCUT2D eigenvalue weighted by Crippen LogP contribution is 2.02. The first-order chi connectivity index (χ1) is 2.80. The molecule has 0 aromatic rings. The van der Waals surface area contributed by atoms with E-state index >= 15 is 0 Å². The van der Waals surface area contributed by atoms with Crippen molar-refractivity contribution in [3.8, 4) is 0 Å². The molecule has 4 heteroatoms. The molecule has 0 spiro atoms. The molecular formula is C2H4NO2S-. The van der Waals surface area contributed by atoms with Gasteiger partial charge < -0.3 is 9.68 Å². The van der Waals surface area contributed by atoms with E-state index in [0.717, 1.165) is 0 Å². The first-order valence-electron chi connectivity index (χ1n) is 1.64. The molecule has 1 aliphatic rings. The Morgan fingerprint density at radius 1 is 1.83 bits per heavy atom. The second-order valence-corrected chi connectivity index (χ2v) is 2.54. The van der Waals surface area contributed by atoms with E-state index in [1.807, 2.05) is 0 Å². The summed E-state index contributed by atoms with van der Waals surface area (Å²) in [5, 5.41) is 9.85. The molecule has 1 saturated heterocycles. The minimum Gasteiger partial charge on any atom is -0.774 e. The van der Waals surface area contributed by atoms with Gasteiger partial charge in [-0.15, -0.1) is 0 Å². The molecule has 36 valence electrons. The van der Waals surface area contributed by atoms with Gasteiger partial charge in [0.25, 0.3) is 0 Å². The summed E-state index contributed by atoms with van der Waals surface area (Å²) < 4.78 is 10.5. The van der Waals surface area contributed by atoms with E-state index in [-0.39, 0.29) is 0 Å². The lowest BCUT2D eigenvalue weighted by Gasteiger charge is -2.34. The molecule has 6 heavy (non-hydrogen) atoms. The number of nitrogens with zero attached hydrogens (tertiary/aromatic N) is 1. The molecule has 1 unspecified atom stereocenters. The van der Waals surface area contributed by atoms with E-state index in [1.54, 1.807) is 0 Å². The van der Waals surface area contributed by atoms with Gasteiger partial charge in [-0.1, -0.05) is 0 Å². The summed E-state index contributed by atoms with van der Waals surface area (Å²) >= 11 is 0. The summed E-state index contributed by atoms with van der Waals surface area (Å²) in [5.74, 6) is 0.559. The minimum absolute atomic E-state index is 0.451. The fourth-order valence-corrected chi connectivity index (χ4v) is 0.721. The molecule has 0 aromatic carbocycles. The first-order valence-corrected chi connectivity index (χ1v) is 2.91. The predicted molar refractivity (Wildman–Crippen MR) is 23.1 cm³/mol. The van der Waals surface area contributed by atoms with Gasteiger partial charge in [0.15, 0.2) is 0 Å². The Kier molecular flexibility index (Phi) is 0.910. The monoisotopic (exact) mass is 106 g/mol. The highest BCUT2D eigenvalue weighted by atomic mass is 32.2. The summed E-state index contributed by atoms with van der Waals surface area (Å²) in [4.78, 5) is 0. The van der Waals surface area contributed by atoms with Crippen LogP contribution >= 0.6 is 0 Å². The summed E-state index contributed by atoms with van der Waals surface area (Å²) in [6, 6.07) is 0. The highest BCUT2D eigenvalue weighted by molar-refractivity contribution is 7.84. The van der Waals surface area contributed by atoms with Crippen molar-refractivity contribution in [2.45, 2.75) is 0 Å². The molecule has 1 aliphatic heterocycles. The molecule has 0 N–H and O–H groups in total. The van der Waals surface area contributed by atoms with Gasteiger partial charge in [-0.2, -0.15) is 0 Å². The van der Waals surface area contributed by atoms with Crippen LogP contribution in [0.2, 0.25) is 0 Å². The number of hydroxylamine groups is 1. The topological polar surface area (TPSA) is 43.4 Å². The van der Waals surface area contributed by atoms with Crippen LogP contribution in [0.15, 0.2) is 0 Å². The third-order valence-corrected chi connectivity index (χ3v) is 1.84. The van der Waals surface area contributed by atoms with Crippen molar-refractivity contribution in [1.82, 2.24) is 4.47 Å². The van der Waals surface area contributed by atoms with Crippen LogP contribution in [0.25, 0.3) is 0 Å². The summed E-state index contributed by atoms with van der Waals surface area (Å²) in [5.41, 5.74) is 0. The smallest absolute Gasteiger partial charge is 0.0835 e. The van der Waals surface area contributed by atoms with Gasteiger partial charge in [0, 0.05) is 12.3 Å². The zero-order valence-corrected chi connectivity index (χ0v) is 3.90. The standard InChI is InChI=1S/C2H4NO2S/c4-3-1-2-6(3)5/h1-2H2/q-1. The number of hydrogen-bond acceptors (Lipinski definition) is 2. The number of hydrogen-bond donors (Lipinski definition) is 0. The Morgan fingerprint density at radius 2 is 2.33 bits per heavy atom. The van der Waals surface area contributed by atoms with Crippen molar-refractivity contribution in [1.29, 1.82) is 0 Å². The Bertz CT molecular complexity index is 83.6. The zero-order chi connectivity index (χ0) is 4.57. The van der Waals surface area contributed by atoms with Crippen molar-refractivity contribution >= 4 is 11.0 Å². The van der Waals surface area contributed by atoms with Crippen LogP contribution in [0.5, 0.6) is 0 Å². The van der Waals surface area contributed by atoms with Gasteiger partial charge in [-0.05, 0) is 0 Å². The molecule has 3 nitrogen and oxygen atoms in total. The van der Waals surface area contributed by atoms with Crippen molar-refractivity contribution in [2.24, 2.45) is 0 Å². The van der Waals surface area contributed by atoms with Crippen molar-refractivity contribution in [3.63, 3.8) is 0 Å². The maximum absolute atomic E-state index is 9.95. The lowest BCUT2D eigenvalue weighted by molar-refractivity contribution is 0.540. The third kappa shape index (κ3) is 0.466. The Labute approximate surface area is 38.1 Å². The number of rotatable bonds is 0. The van der Waals surface area contributed by atoms with Crippen molar-refractivity contribution in [2.75, 3.05) is 12.3 Å². The molecule has 0 bridgehead atoms. The second-order valence-electron chi connectivity index (χ2n) is 1.08. The lowest BCUT2D eigenvalue weighted by atomic mass is 10.8. The summed E-state index contributed by atoms with van der Waals surface area (Å²) in [6.45, 7) is 0.451. The zero-order valence-electron chi connectivity index (χ0n) is 3.09. The van der Waals surface area contributed by atoms with Crippen LogP contribution in [-0.4, -0.2) is 21.0 Å². The Balaban J connectivity index is 2.39. The van der Waals surface area contributed by atoms with Gasteiger partial charge in [0.1, 0.15) is 0 Å². The molecule has 0 amide bonds. The van der Waals surface area contributed by atoms with Crippen LogP contribution in [-0.2, 0) is 11.0 Å². The molecule has 1 atom stereocenters. The van der Waals surface area contributed by atoms with Gasteiger partial charge in [-0.3, -0.25) is 0 Å². The normalized spacial score (nSPS) is 35.8. The quantitative estimate of drug-likeness (QED) is 0.416. The molecule has 1 fully saturated rings. The largest absolute Gasteiger partial charge is 0.774 e.